The lowest BCUT2D eigenvalue weighted by atomic mass is 9.80. The summed E-state index contributed by atoms with van der Waals surface area (Å²) >= 11 is 0. The first-order valence-electron chi connectivity index (χ1n) is 8.04. The number of nitrogens with zero attached hydrogens (tertiary/aromatic N) is 1. The van der Waals surface area contributed by atoms with Gasteiger partial charge in [-0.2, -0.15) is 0 Å². The van der Waals surface area contributed by atoms with E-state index in [4.69, 9.17) is 0 Å². The molecule has 1 aromatic heterocycles. The summed E-state index contributed by atoms with van der Waals surface area (Å²) in [6.07, 6.45) is 7.89. The van der Waals surface area contributed by atoms with Gasteiger partial charge in [0.15, 0.2) is 0 Å². The number of hydrogen-bond donors (Lipinski definition) is 2. The number of pyridine rings is 1. The van der Waals surface area contributed by atoms with Crippen LogP contribution in [-0.4, -0.2) is 23.5 Å². The maximum Gasteiger partial charge on any atom is 0.221 e. The molecule has 0 spiro atoms. The van der Waals surface area contributed by atoms with Gasteiger partial charge in [-0.15, -0.1) is 0 Å². The van der Waals surface area contributed by atoms with Gasteiger partial charge in [0.25, 0.3) is 0 Å². The average Bonchev–Trinajstić information content (AvgIpc) is 2.48. The van der Waals surface area contributed by atoms with E-state index in [2.05, 4.69) is 29.5 Å². The molecule has 2 rings (SSSR count). The molecule has 0 bridgehead atoms. The Morgan fingerprint density at radius 1 is 1.38 bits per heavy atom. The number of carbonyl (C=O) groups is 1. The van der Waals surface area contributed by atoms with E-state index in [-0.39, 0.29) is 5.91 Å². The highest BCUT2D eigenvalue weighted by Crippen LogP contribution is 2.28. The van der Waals surface area contributed by atoms with Crippen LogP contribution < -0.4 is 10.6 Å². The van der Waals surface area contributed by atoms with Crippen LogP contribution in [-0.2, 0) is 11.3 Å². The quantitative estimate of drug-likeness (QED) is 0.846. The summed E-state index contributed by atoms with van der Waals surface area (Å²) in [5.41, 5.74) is 1.04. The van der Waals surface area contributed by atoms with Crippen LogP contribution in [0.15, 0.2) is 24.5 Å². The Morgan fingerprint density at radius 2 is 2.24 bits per heavy atom. The lowest BCUT2D eigenvalue weighted by Gasteiger charge is -2.33. The van der Waals surface area contributed by atoms with E-state index in [1.807, 2.05) is 12.1 Å². The molecule has 1 fully saturated rings. The second-order valence-electron chi connectivity index (χ2n) is 6.34. The number of rotatable bonds is 6. The van der Waals surface area contributed by atoms with E-state index in [0.29, 0.717) is 24.9 Å². The van der Waals surface area contributed by atoms with E-state index < -0.39 is 0 Å². The lowest BCUT2D eigenvalue weighted by molar-refractivity contribution is -0.121. The highest BCUT2D eigenvalue weighted by Gasteiger charge is 2.24. The smallest absolute Gasteiger partial charge is 0.221 e. The molecule has 1 heterocycles. The zero-order valence-corrected chi connectivity index (χ0v) is 13.1. The monoisotopic (exact) mass is 289 g/mol. The molecule has 116 valence electrons. The molecule has 0 saturated heterocycles. The fourth-order valence-electron chi connectivity index (χ4n) is 3.13. The van der Waals surface area contributed by atoms with Gasteiger partial charge in [-0.1, -0.05) is 19.9 Å². The van der Waals surface area contributed by atoms with Crippen molar-refractivity contribution in [1.82, 2.24) is 15.6 Å². The third-order valence-electron chi connectivity index (χ3n) is 4.40. The Bertz CT molecular complexity index is 435. The summed E-state index contributed by atoms with van der Waals surface area (Å²) in [4.78, 5) is 15.9. The van der Waals surface area contributed by atoms with Crippen molar-refractivity contribution in [2.75, 3.05) is 6.54 Å². The number of hydrogen-bond acceptors (Lipinski definition) is 3. The first-order chi connectivity index (χ1) is 10.1. The SMILES string of the molecule is C[C@@H]1CC[C@H](NCCC(=O)NCc2cccnc2)[C@@H](C)C1. The first kappa shape index (κ1) is 16.0. The van der Waals surface area contributed by atoms with Crippen LogP contribution >= 0.6 is 0 Å². The van der Waals surface area contributed by atoms with E-state index in [0.717, 1.165) is 18.0 Å². The number of carbonyl (C=O) groups excluding carboxylic acids is 1. The summed E-state index contributed by atoms with van der Waals surface area (Å²) in [5, 5.41) is 6.48. The van der Waals surface area contributed by atoms with Crippen molar-refractivity contribution < 1.29 is 4.79 Å². The van der Waals surface area contributed by atoms with Crippen molar-refractivity contribution >= 4 is 5.91 Å². The van der Waals surface area contributed by atoms with Gasteiger partial charge in [0, 0.05) is 37.9 Å². The minimum absolute atomic E-state index is 0.100. The molecule has 1 aliphatic rings. The third-order valence-corrected chi connectivity index (χ3v) is 4.40. The van der Waals surface area contributed by atoms with Crippen LogP contribution in [0.1, 0.15) is 45.1 Å². The van der Waals surface area contributed by atoms with Crippen molar-refractivity contribution in [2.24, 2.45) is 11.8 Å². The summed E-state index contributed by atoms with van der Waals surface area (Å²) in [7, 11) is 0. The van der Waals surface area contributed by atoms with E-state index in [1.165, 1.54) is 19.3 Å². The normalized spacial score (nSPS) is 25.5. The Morgan fingerprint density at radius 3 is 2.95 bits per heavy atom. The molecule has 0 aromatic carbocycles. The van der Waals surface area contributed by atoms with Gasteiger partial charge in [0.05, 0.1) is 0 Å². The molecule has 0 unspecified atom stereocenters. The van der Waals surface area contributed by atoms with Gasteiger partial charge < -0.3 is 10.6 Å². The maximum atomic E-state index is 11.8. The second kappa shape index (κ2) is 8.13. The van der Waals surface area contributed by atoms with Gasteiger partial charge in [0.2, 0.25) is 5.91 Å². The standard InChI is InChI=1S/C17H27N3O/c1-13-5-6-16(14(2)10-13)19-9-7-17(21)20-12-15-4-3-8-18-11-15/h3-4,8,11,13-14,16,19H,5-7,9-10,12H2,1-2H3,(H,20,21)/t13-,14+,16+/m1/s1. The molecule has 1 amide bonds. The Hall–Kier alpha value is -1.42. The van der Waals surface area contributed by atoms with Crippen LogP contribution in [0.4, 0.5) is 0 Å². The topological polar surface area (TPSA) is 54.0 Å². The number of amides is 1. The molecule has 4 nitrogen and oxygen atoms in total. The Labute approximate surface area is 127 Å². The van der Waals surface area contributed by atoms with Gasteiger partial charge in [-0.05, 0) is 42.7 Å². The van der Waals surface area contributed by atoms with Gasteiger partial charge in [-0.25, -0.2) is 0 Å². The fourth-order valence-corrected chi connectivity index (χ4v) is 3.13. The van der Waals surface area contributed by atoms with Crippen LogP contribution in [0.3, 0.4) is 0 Å². The summed E-state index contributed by atoms with van der Waals surface area (Å²) in [5.74, 6) is 1.66. The summed E-state index contributed by atoms with van der Waals surface area (Å²) in [6, 6.07) is 4.43. The van der Waals surface area contributed by atoms with Crippen LogP contribution in [0.2, 0.25) is 0 Å². The molecule has 0 aliphatic heterocycles. The van der Waals surface area contributed by atoms with Crippen LogP contribution in [0, 0.1) is 11.8 Å². The summed E-state index contributed by atoms with van der Waals surface area (Å²) in [6.45, 7) is 5.97. The second-order valence-corrected chi connectivity index (χ2v) is 6.34. The van der Waals surface area contributed by atoms with Gasteiger partial charge >= 0.3 is 0 Å². The highest BCUT2D eigenvalue weighted by atomic mass is 16.1. The number of aromatic nitrogens is 1. The molecule has 1 saturated carbocycles. The summed E-state index contributed by atoms with van der Waals surface area (Å²) < 4.78 is 0. The molecule has 4 heteroatoms. The first-order valence-corrected chi connectivity index (χ1v) is 8.04. The minimum atomic E-state index is 0.100. The maximum absolute atomic E-state index is 11.8. The van der Waals surface area contributed by atoms with E-state index >= 15 is 0 Å². The Kier molecular flexibility index (Phi) is 6.18. The predicted octanol–water partition coefficient (Wildman–Crippen LogP) is 2.50. The van der Waals surface area contributed by atoms with E-state index in [1.54, 1.807) is 12.4 Å². The number of nitrogens with one attached hydrogen (secondary N) is 2. The lowest BCUT2D eigenvalue weighted by Crippen LogP contribution is -2.40. The van der Waals surface area contributed by atoms with E-state index in [9.17, 15) is 4.79 Å². The molecular formula is C17H27N3O. The van der Waals surface area contributed by atoms with Crippen molar-refractivity contribution in [2.45, 2.75) is 52.1 Å². The molecule has 1 aromatic rings. The average molecular weight is 289 g/mol. The fraction of sp³-hybridized carbons (Fsp3) is 0.647. The molecule has 0 radical (unpaired) electrons. The molecule has 1 aliphatic carbocycles. The highest BCUT2D eigenvalue weighted by molar-refractivity contribution is 5.76. The predicted molar refractivity (Wildman–Crippen MR) is 84.7 cm³/mol. The zero-order chi connectivity index (χ0) is 15.1. The zero-order valence-electron chi connectivity index (χ0n) is 13.1. The minimum Gasteiger partial charge on any atom is -0.352 e. The Balaban J connectivity index is 1.61. The van der Waals surface area contributed by atoms with Crippen molar-refractivity contribution in [3.63, 3.8) is 0 Å². The van der Waals surface area contributed by atoms with Crippen LogP contribution in [0.5, 0.6) is 0 Å². The largest absolute Gasteiger partial charge is 0.352 e. The molecular weight excluding hydrogens is 262 g/mol. The molecule has 2 N–H and O–H groups in total. The van der Waals surface area contributed by atoms with Crippen molar-refractivity contribution in [3.05, 3.63) is 30.1 Å². The van der Waals surface area contributed by atoms with Gasteiger partial charge in [0.1, 0.15) is 0 Å². The van der Waals surface area contributed by atoms with Crippen LogP contribution in [0.25, 0.3) is 0 Å². The third kappa shape index (κ3) is 5.46. The molecule has 3 atom stereocenters. The van der Waals surface area contributed by atoms with Gasteiger partial charge in [-0.3, -0.25) is 9.78 Å². The molecule has 21 heavy (non-hydrogen) atoms. The van der Waals surface area contributed by atoms with Crippen molar-refractivity contribution in [1.29, 1.82) is 0 Å². The van der Waals surface area contributed by atoms with Crippen molar-refractivity contribution in [3.8, 4) is 0 Å².